The van der Waals surface area contributed by atoms with Crippen LogP contribution < -0.4 is 10.2 Å². The molecular formula is C20H17ClFN5O3. The van der Waals surface area contributed by atoms with Gasteiger partial charge in [0.25, 0.3) is 11.8 Å². The van der Waals surface area contributed by atoms with Gasteiger partial charge in [-0.05, 0) is 43.2 Å². The third-order valence-corrected chi connectivity index (χ3v) is 5.36. The Morgan fingerprint density at radius 3 is 2.53 bits per heavy atom. The van der Waals surface area contributed by atoms with Crippen LogP contribution in [0.1, 0.15) is 11.1 Å². The molecule has 2 atom stereocenters. The average Bonchev–Trinajstić information content (AvgIpc) is 3.21. The summed E-state index contributed by atoms with van der Waals surface area (Å²) in [6.07, 6.45) is 0. The van der Waals surface area contributed by atoms with E-state index in [1.54, 1.807) is 0 Å². The van der Waals surface area contributed by atoms with Gasteiger partial charge in [0, 0.05) is 5.69 Å². The van der Waals surface area contributed by atoms with Crippen molar-refractivity contribution in [2.24, 2.45) is 10.3 Å². The second kappa shape index (κ2) is 7.49. The van der Waals surface area contributed by atoms with Crippen molar-refractivity contribution < 1.29 is 18.8 Å². The molecule has 3 amide bonds. The molecular weight excluding hydrogens is 413 g/mol. The van der Waals surface area contributed by atoms with E-state index in [2.05, 4.69) is 15.7 Å². The van der Waals surface area contributed by atoms with Gasteiger partial charge in [0.1, 0.15) is 12.4 Å². The van der Waals surface area contributed by atoms with E-state index in [1.165, 1.54) is 17.1 Å². The largest absolute Gasteiger partial charge is 0.324 e. The number of rotatable bonds is 4. The van der Waals surface area contributed by atoms with Crippen LogP contribution >= 0.6 is 11.6 Å². The number of aryl methyl sites for hydroxylation is 2. The molecule has 0 bridgehead atoms. The van der Waals surface area contributed by atoms with E-state index in [9.17, 15) is 18.8 Å². The first-order valence-corrected chi connectivity index (χ1v) is 9.52. The standard InChI is InChI=1S/C20H17ClFN5O3/c1-10-4-3-5-11(2)16(10)23-15(28)9-26-18-17(24-25-26)19(29)27(20(18)30)12-6-7-14(22)13(21)8-12/h3-8,17-18H,9H2,1-2H3,(H,23,28)/t17-,18+/m0/s1. The molecule has 2 heterocycles. The summed E-state index contributed by atoms with van der Waals surface area (Å²) in [5, 5.41) is 11.5. The van der Waals surface area contributed by atoms with Gasteiger partial charge < -0.3 is 5.32 Å². The summed E-state index contributed by atoms with van der Waals surface area (Å²) in [6, 6.07) is 7.09. The summed E-state index contributed by atoms with van der Waals surface area (Å²) < 4.78 is 13.4. The molecule has 2 aliphatic heterocycles. The number of hydrogen-bond donors (Lipinski definition) is 1. The molecule has 30 heavy (non-hydrogen) atoms. The number of hydrogen-bond acceptors (Lipinski definition) is 6. The highest BCUT2D eigenvalue weighted by atomic mass is 35.5. The number of carbonyl (C=O) groups is 3. The van der Waals surface area contributed by atoms with Crippen LogP contribution in [0, 0.1) is 19.7 Å². The summed E-state index contributed by atoms with van der Waals surface area (Å²) in [6.45, 7) is 3.49. The Balaban J connectivity index is 1.52. The van der Waals surface area contributed by atoms with Crippen molar-refractivity contribution >= 4 is 40.7 Å². The van der Waals surface area contributed by atoms with Crippen LogP contribution in [-0.4, -0.2) is 41.4 Å². The lowest BCUT2D eigenvalue weighted by molar-refractivity contribution is -0.123. The van der Waals surface area contributed by atoms with Crippen LogP contribution in [-0.2, 0) is 14.4 Å². The first-order chi connectivity index (χ1) is 14.3. The van der Waals surface area contributed by atoms with Gasteiger partial charge in [-0.2, -0.15) is 5.11 Å². The molecule has 2 aliphatic rings. The third-order valence-electron chi connectivity index (χ3n) is 5.07. The van der Waals surface area contributed by atoms with Crippen LogP contribution in [0.5, 0.6) is 0 Å². The van der Waals surface area contributed by atoms with Gasteiger partial charge in [-0.1, -0.05) is 35.0 Å². The topological polar surface area (TPSA) is 94.4 Å². The molecule has 1 saturated heterocycles. The summed E-state index contributed by atoms with van der Waals surface area (Å²) >= 11 is 5.78. The van der Waals surface area contributed by atoms with Crippen molar-refractivity contribution in [2.75, 3.05) is 16.8 Å². The lowest BCUT2D eigenvalue weighted by Crippen LogP contribution is -2.43. The van der Waals surface area contributed by atoms with Crippen molar-refractivity contribution in [3.8, 4) is 0 Å². The molecule has 154 valence electrons. The number of imide groups is 1. The van der Waals surface area contributed by atoms with Gasteiger partial charge in [-0.3, -0.25) is 19.4 Å². The Hall–Kier alpha value is -3.33. The number of nitrogens with zero attached hydrogens (tertiary/aromatic N) is 4. The molecule has 0 unspecified atom stereocenters. The molecule has 0 aromatic heterocycles. The normalized spacial score (nSPS) is 20.1. The minimum Gasteiger partial charge on any atom is -0.324 e. The smallest absolute Gasteiger partial charge is 0.263 e. The number of para-hydroxylation sites is 1. The number of benzene rings is 2. The van der Waals surface area contributed by atoms with Gasteiger partial charge in [0.2, 0.25) is 5.91 Å². The van der Waals surface area contributed by atoms with Crippen molar-refractivity contribution in [3.05, 3.63) is 58.4 Å². The van der Waals surface area contributed by atoms with E-state index in [1.807, 2.05) is 32.0 Å². The van der Waals surface area contributed by atoms with Crippen LogP contribution in [0.25, 0.3) is 0 Å². The van der Waals surface area contributed by atoms with E-state index in [0.29, 0.717) is 5.69 Å². The molecule has 2 aromatic carbocycles. The molecule has 10 heteroatoms. The zero-order chi connectivity index (χ0) is 21.6. The maximum absolute atomic E-state index is 13.4. The lowest BCUT2D eigenvalue weighted by atomic mass is 10.1. The fraction of sp³-hybridized carbons (Fsp3) is 0.250. The SMILES string of the molecule is Cc1cccc(C)c1NC(=O)CN1N=N[C@@H]2C(=O)N(c3ccc(F)c(Cl)c3)C(=O)[C@@H]21. The Labute approximate surface area is 176 Å². The number of carbonyl (C=O) groups excluding carboxylic acids is 3. The van der Waals surface area contributed by atoms with Gasteiger partial charge in [0.15, 0.2) is 12.1 Å². The molecule has 0 aliphatic carbocycles. The molecule has 8 nitrogen and oxygen atoms in total. The third kappa shape index (κ3) is 3.30. The number of halogens is 2. The molecule has 0 spiro atoms. The fourth-order valence-corrected chi connectivity index (χ4v) is 3.74. The van der Waals surface area contributed by atoms with Crippen molar-refractivity contribution in [1.82, 2.24) is 5.01 Å². The first kappa shape index (κ1) is 20.0. The minimum absolute atomic E-state index is 0.140. The van der Waals surface area contributed by atoms with E-state index in [0.717, 1.165) is 22.1 Å². The lowest BCUT2D eigenvalue weighted by Gasteiger charge is -2.21. The number of nitrogens with one attached hydrogen (secondary N) is 1. The Morgan fingerprint density at radius 1 is 1.17 bits per heavy atom. The van der Waals surface area contributed by atoms with E-state index in [-0.39, 0.29) is 17.3 Å². The van der Waals surface area contributed by atoms with Crippen molar-refractivity contribution in [2.45, 2.75) is 25.9 Å². The molecule has 0 saturated carbocycles. The number of anilines is 2. The highest BCUT2D eigenvalue weighted by Gasteiger charge is 2.55. The number of fused-ring (bicyclic) bond motifs is 1. The van der Waals surface area contributed by atoms with Gasteiger partial charge >= 0.3 is 0 Å². The van der Waals surface area contributed by atoms with Crippen molar-refractivity contribution in [1.29, 1.82) is 0 Å². The summed E-state index contributed by atoms with van der Waals surface area (Å²) in [5.74, 6) is -2.26. The Morgan fingerprint density at radius 2 is 1.87 bits per heavy atom. The zero-order valence-corrected chi connectivity index (χ0v) is 16.9. The Bertz CT molecular complexity index is 1090. The maximum atomic E-state index is 13.4. The minimum atomic E-state index is -1.06. The molecule has 4 rings (SSSR count). The predicted octanol–water partition coefficient (Wildman–Crippen LogP) is 3.03. The Kier molecular flexibility index (Phi) is 4.98. The fourth-order valence-electron chi connectivity index (χ4n) is 3.57. The molecule has 1 N–H and O–H groups in total. The predicted molar refractivity (Wildman–Crippen MR) is 108 cm³/mol. The summed E-state index contributed by atoms with van der Waals surface area (Å²) in [7, 11) is 0. The molecule has 1 fully saturated rings. The van der Waals surface area contributed by atoms with E-state index in [4.69, 9.17) is 11.6 Å². The molecule has 0 radical (unpaired) electrons. The van der Waals surface area contributed by atoms with Gasteiger partial charge in [0.05, 0.1) is 10.7 Å². The second-order valence-electron chi connectivity index (χ2n) is 7.12. The van der Waals surface area contributed by atoms with E-state index < -0.39 is 35.6 Å². The average molecular weight is 430 g/mol. The van der Waals surface area contributed by atoms with Crippen molar-refractivity contribution in [3.63, 3.8) is 0 Å². The van der Waals surface area contributed by atoms with Crippen LogP contribution in [0.4, 0.5) is 15.8 Å². The highest BCUT2D eigenvalue weighted by Crippen LogP contribution is 2.33. The zero-order valence-electron chi connectivity index (χ0n) is 16.1. The quantitative estimate of drug-likeness (QED) is 0.756. The highest BCUT2D eigenvalue weighted by molar-refractivity contribution is 6.32. The van der Waals surface area contributed by atoms with Crippen LogP contribution in [0.15, 0.2) is 46.7 Å². The summed E-state index contributed by atoms with van der Waals surface area (Å²) in [5.41, 5.74) is 2.62. The second-order valence-corrected chi connectivity index (χ2v) is 7.52. The molecule has 2 aromatic rings. The monoisotopic (exact) mass is 429 g/mol. The van der Waals surface area contributed by atoms with Crippen LogP contribution in [0.2, 0.25) is 5.02 Å². The maximum Gasteiger partial charge on any atom is 0.263 e. The van der Waals surface area contributed by atoms with E-state index >= 15 is 0 Å². The first-order valence-electron chi connectivity index (χ1n) is 9.14. The van der Waals surface area contributed by atoms with Crippen LogP contribution in [0.3, 0.4) is 0 Å². The van der Waals surface area contributed by atoms with Gasteiger partial charge in [-0.25, -0.2) is 9.29 Å². The summed E-state index contributed by atoms with van der Waals surface area (Å²) in [4.78, 5) is 39.1. The van der Waals surface area contributed by atoms with Gasteiger partial charge in [-0.15, -0.1) is 0 Å². The number of amides is 3.